The fourth-order valence-electron chi connectivity index (χ4n) is 3.20. The maximum Gasteiger partial charge on any atom is 0.261 e. The second kappa shape index (κ2) is 4.85. The summed E-state index contributed by atoms with van der Waals surface area (Å²) in [4.78, 5) is 36.5. The molecule has 1 aromatic rings. The summed E-state index contributed by atoms with van der Waals surface area (Å²) in [7, 11) is 0. The van der Waals surface area contributed by atoms with Gasteiger partial charge in [-0.15, -0.1) is 0 Å². The molecule has 0 unspecified atom stereocenters. The Morgan fingerprint density at radius 2 is 1.70 bits per heavy atom. The number of imide groups is 1. The monoisotopic (exact) mass is 271 g/mol. The molecule has 0 atom stereocenters. The number of fused-ring (bicyclic) bond motifs is 1. The van der Waals surface area contributed by atoms with Crippen LogP contribution in [0.3, 0.4) is 0 Å². The Balaban J connectivity index is 1.72. The van der Waals surface area contributed by atoms with Crippen molar-refractivity contribution < 1.29 is 14.4 Å². The van der Waals surface area contributed by atoms with Crippen molar-refractivity contribution >= 4 is 18.1 Å². The van der Waals surface area contributed by atoms with Crippen LogP contribution in [-0.2, 0) is 4.79 Å². The molecule has 0 aromatic heterocycles. The summed E-state index contributed by atoms with van der Waals surface area (Å²) >= 11 is 0. The quantitative estimate of drug-likeness (QED) is 0.610. The van der Waals surface area contributed by atoms with Gasteiger partial charge in [-0.3, -0.25) is 14.5 Å². The number of hydrogen-bond acceptors (Lipinski definition) is 3. The highest BCUT2D eigenvalue weighted by Crippen LogP contribution is 2.46. The molecule has 4 heteroatoms. The van der Waals surface area contributed by atoms with Crippen LogP contribution >= 0.6 is 0 Å². The van der Waals surface area contributed by atoms with E-state index in [0.717, 1.165) is 32.0 Å². The molecule has 0 saturated heterocycles. The smallest absolute Gasteiger partial charge is 0.261 e. The summed E-state index contributed by atoms with van der Waals surface area (Å²) in [5.41, 5.74) is 1.02. The van der Waals surface area contributed by atoms with Gasteiger partial charge in [0, 0.05) is 13.0 Å². The number of nitrogens with zero attached hydrogens (tertiary/aromatic N) is 1. The van der Waals surface area contributed by atoms with Gasteiger partial charge >= 0.3 is 0 Å². The van der Waals surface area contributed by atoms with Gasteiger partial charge in [0.25, 0.3) is 11.8 Å². The van der Waals surface area contributed by atoms with Crippen molar-refractivity contribution in [2.45, 2.75) is 32.1 Å². The van der Waals surface area contributed by atoms with Crippen LogP contribution in [0.15, 0.2) is 24.3 Å². The topological polar surface area (TPSA) is 54.5 Å². The predicted octanol–water partition coefficient (Wildman–Crippen LogP) is 2.43. The van der Waals surface area contributed by atoms with E-state index in [1.54, 1.807) is 24.3 Å². The minimum Gasteiger partial charge on any atom is -0.303 e. The number of benzene rings is 1. The highest BCUT2D eigenvalue weighted by Gasteiger charge is 2.40. The van der Waals surface area contributed by atoms with Crippen LogP contribution in [-0.4, -0.2) is 29.5 Å². The van der Waals surface area contributed by atoms with E-state index in [2.05, 4.69) is 0 Å². The van der Waals surface area contributed by atoms with Gasteiger partial charge in [-0.2, -0.15) is 0 Å². The SMILES string of the molecule is O=CCC1(CCN2C(=O)c3ccccc3C2=O)CCC1. The minimum atomic E-state index is -0.203. The van der Waals surface area contributed by atoms with Crippen LogP contribution < -0.4 is 0 Å². The summed E-state index contributed by atoms with van der Waals surface area (Å²) in [5, 5.41) is 0. The molecule has 0 N–H and O–H groups in total. The molecule has 1 aliphatic carbocycles. The second-order valence-corrected chi connectivity index (χ2v) is 5.78. The van der Waals surface area contributed by atoms with Gasteiger partial charge in [-0.05, 0) is 36.8 Å². The molecule has 1 fully saturated rings. The Kier molecular flexibility index (Phi) is 3.16. The van der Waals surface area contributed by atoms with Crippen molar-refractivity contribution in [1.29, 1.82) is 0 Å². The molecule has 4 nitrogen and oxygen atoms in total. The van der Waals surface area contributed by atoms with Crippen molar-refractivity contribution in [1.82, 2.24) is 4.90 Å². The number of aldehydes is 1. The van der Waals surface area contributed by atoms with E-state index in [-0.39, 0.29) is 17.2 Å². The van der Waals surface area contributed by atoms with Crippen LogP contribution in [0.5, 0.6) is 0 Å². The Hall–Kier alpha value is -1.97. The van der Waals surface area contributed by atoms with E-state index >= 15 is 0 Å². The van der Waals surface area contributed by atoms with Crippen LogP contribution in [0.2, 0.25) is 0 Å². The van der Waals surface area contributed by atoms with Gasteiger partial charge in [0.05, 0.1) is 11.1 Å². The third-order valence-corrected chi connectivity index (χ3v) is 4.67. The summed E-state index contributed by atoms with van der Waals surface area (Å²) in [6.07, 6.45) is 5.41. The minimum absolute atomic E-state index is 0.0249. The van der Waals surface area contributed by atoms with Gasteiger partial charge in [0.15, 0.2) is 0 Å². The van der Waals surface area contributed by atoms with Crippen LogP contribution in [0.25, 0.3) is 0 Å². The van der Waals surface area contributed by atoms with Crippen LogP contribution in [0, 0.1) is 5.41 Å². The van der Waals surface area contributed by atoms with Crippen LogP contribution in [0.4, 0.5) is 0 Å². The molecule has 2 aliphatic rings. The molecule has 1 aromatic carbocycles. The maximum atomic E-state index is 12.2. The first-order valence-corrected chi connectivity index (χ1v) is 7.06. The van der Waals surface area contributed by atoms with Crippen molar-refractivity contribution in [2.24, 2.45) is 5.41 Å². The fourth-order valence-corrected chi connectivity index (χ4v) is 3.20. The van der Waals surface area contributed by atoms with E-state index in [0.29, 0.717) is 24.1 Å². The Morgan fingerprint density at radius 3 is 2.15 bits per heavy atom. The van der Waals surface area contributed by atoms with Crippen LogP contribution in [0.1, 0.15) is 52.8 Å². The molecule has 1 aliphatic heterocycles. The molecular formula is C16H17NO3. The molecule has 1 heterocycles. The highest BCUT2D eigenvalue weighted by molar-refractivity contribution is 6.21. The summed E-state index contributed by atoms with van der Waals surface area (Å²) < 4.78 is 0. The summed E-state index contributed by atoms with van der Waals surface area (Å²) in [6.45, 7) is 0.417. The van der Waals surface area contributed by atoms with E-state index in [4.69, 9.17) is 0 Å². The largest absolute Gasteiger partial charge is 0.303 e. The van der Waals surface area contributed by atoms with Gasteiger partial charge in [0.2, 0.25) is 0 Å². The number of carbonyl (C=O) groups excluding carboxylic acids is 3. The first-order chi connectivity index (χ1) is 9.67. The fraction of sp³-hybridized carbons (Fsp3) is 0.438. The average molecular weight is 271 g/mol. The number of rotatable bonds is 5. The van der Waals surface area contributed by atoms with Gasteiger partial charge in [0.1, 0.15) is 6.29 Å². The van der Waals surface area contributed by atoms with E-state index in [1.165, 1.54) is 4.90 Å². The van der Waals surface area contributed by atoms with E-state index in [1.807, 2.05) is 0 Å². The van der Waals surface area contributed by atoms with Gasteiger partial charge in [-0.25, -0.2) is 0 Å². The third kappa shape index (κ3) is 1.96. The zero-order chi connectivity index (χ0) is 14.2. The molecule has 3 rings (SSSR count). The summed E-state index contributed by atoms with van der Waals surface area (Å²) in [5.74, 6) is -0.405. The van der Waals surface area contributed by atoms with Crippen molar-refractivity contribution in [3.63, 3.8) is 0 Å². The van der Waals surface area contributed by atoms with E-state index < -0.39 is 0 Å². The number of hydrogen-bond donors (Lipinski definition) is 0. The van der Waals surface area contributed by atoms with Gasteiger partial charge < -0.3 is 4.79 Å². The zero-order valence-electron chi connectivity index (χ0n) is 11.3. The lowest BCUT2D eigenvalue weighted by atomic mass is 9.65. The lowest BCUT2D eigenvalue weighted by molar-refractivity contribution is -0.111. The molecule has 0 bridgehead atoms. The molecule has 0 spiro atoms. The molecular weight excluding hydrogens is 254 g/mol. The Bertz CT molecular complexity index is 540. The predicted molar refractivity (Wildman–Crippen MR) is 73.4 cm³/mol. The molecule has 1 saturated carbocycles. The summed E-state index contributed by atoms with van der Waals surface area (Å²) in [6, 6.07) is 6.93. The first kappa shape index (κ1) is 13.0. The molecule has 20 heavy (non-hydrogen) atoms. The van der Waals surface area contributed by atoms with E-state index in [9.17, 15) is 14.4 Å². The van der Waals surface area contributed by atoms with Crippen molar-refractivity contribution in [2.75, 3.05) is 6.54 Å². The van der Waals surface area contributed by atoms with Gasteiger partial charge in [-0.1, -0.05) is 18.6 Å². The Labute approximate surface area is 117 Å². The second-order valence-electron chi connectivity index (χ2n) is 5.78. The zero-order valence-corrected chi connectivity index (χ0v) is 11.3. The average Bonchev–Trinajstić information content (AvgIpc) is 2.66. The molecule has 2 amide bonds. The normalized spacial score (nSPS) is 19.7. The highest BCUT2D eigenvalue weighted by atomic mass is 16.2. The standard InChI is InChI=1S/C16H17NO3/c18-11-9-16(6-3-7-16)8-10-17-14(19)12-4-1-2-5-13(12)15(17)20/h1-2,4-5,11H,3,6-10H2. The van der Waals surface area contributed by atoms with Crippen molar-refractivity contribution in [3.8, 4) is 0 Å². The Morgan fingerprint density at radius 1 is 1.10 bits per heavy atom. The maximum absolute atomic E-state index is 12.2. The molecule has 104 valence electrons. The number of amides is 2. The lowest BCUT2D eigenvalue weighted by Crippen LogP contribution is -2.37. The molecule has 0 radical (unpaired) electrons. The first-order valence-electron chi connectivity index (χ1n) is 7.06. The lowest BCUT2D eigenvalue weighted by Gasteiger charge is -2.41. The number of carbonyl (C=O) groups is 3. The van der Waals surface area contributed by atoms with Crippen molar-refractivity contribution in [3.05, 3.63) is 35.4 Å². The third-order valence-electron chi connectivity index (χ3n) is 4.67.